The largest absolute Gasteiger partial charge is 0.493 e. The number of carbonyl (C=O) groups is 2. The molecule has 34 heavy (non-hydrogen) atoms. The van der Waals surface area contributed by atoms with Crippen molar-refractivity contribution in [3.05, 3.63) is 76.5 Å². The number of methoxy groups -OCH3 is 2. The SMILES string of the molecule is CCc1ccc(C(=O)CCC(=O)c2ccc(OC)c(OC)c2)nc1-c1csc2c(F)cccc12. The van der Waals surface area contributed by atoms with E-state index in [0.29, 0.717) is 33.2 Å². The predicted octanol–water partition coefficient (Wildman–Crippen LogP) is 6.53. The molecule has 5 nitrogen and oxygen atoms in total. The van der Waals surface area contributed by atoms with Gasteiger partial charge in [0.1, 0.15) is 11.5 Å². The Morgan fingerprint density at radius 1 is 0.971 bits per heavy atom. The molecule has 0 bridgehead atoms. The summed E-state index contributed by atoms with van der Waals surface area (Å²) in [6, 6.07) is 13.5. The number of ether oxygens (including phenoxy) is 2. The molecule has 0 fully saturated rings. The Morgan fingerprint density at radius 3 is 2.47 bits per heavy atom. The number of benzene rings is 2. The fourth-order valence-corrected chi connectivity index (χ4v) is 4.84. The second-order valence-corrected chi connectivity index (χ2v) is 8.62. The van der Waals surface area contributed by atoms with Crippen molar-refractivity contribution in [3.8, 4) is 22.8 Å². The molecule has 0 atom stereocenters. The fourth-order valence-electron chi connectivity index (χ4n) is 3.88. The Bertz CT molecular complexity index is 1380. The summed E-state index contributed by atoms with van der Waals surface area (Å²) >= 11 is 1.32. The lowest BCUT2D eigenvalue weighted by Gasteiger charge is -2.10. The summed E-state index contributed by atoms with van der Waals surface area (Å²) in [4.78, 5) is 30.3. The molecule has 2 aromatic heterocycles. The van der Waals surface area contributed by atoms with Crippen molar-refractivity contribution >= 4 is 33.0 Å². The summed E-state index contributed by atoms with van der Waals surface area (Å²) in [5, 5.41) is 2.66. The van der Waals surface area contributed by atoms with Gasteiger partial charge in [-0.25, -0.2) is 9.37 Å². The van der Waals surface area contributed by atoms with E-state index in [1.54, 1.807) is 30.3 Å². The topological polar surface area (TPSA) is 65.5 Å². The molecular weight excluding hydrogens is 453 g/mol. The second-order valence-electron chi connectivity index (χ2n) is 7.74. The number of thiophene rings is 1. The summed E-state index contributed by atoms with van der Waals surface area (Å²) in [6.07, 6.45) is 0.804. The van der Waals surface area contributed by atoms with E-state index in [1.807, 2.05) is 24.4 Å². The number of halogens is 1. The van der Waals surface area contributed by atoms with Crippen LogP contribution in [0.15, 0.2) is 53.9 Å². The summed E-state index contributed by atoms with van der Waals surface area (Å²) < 4.78 is 25.2. The van der Waals surface area contributed by atoms with Crippen LogP contribution in [0.5, 0.6) is 11.5 Å². The van der Waals surface area contributed by atoms with Gasteiger partial charge in [-0.2, -0.15) is 0 Å². The number of ketones is 2. The minimum Gasteiger partial charge on any atom is -0.493 e. The molecule has 0 amide bonds. The van der Waals surface area contributed by atoms with Crippen LogP contribution in [0.4, 0.5) is 4.39 Å². The van der Waals surface area contributed by atoms with E-state index in [-0.39, 0.29) is 30.2 Å². The minimum atomic E-state index is -0.271. The number of carbonyl (C=O) groups excluding carboxylic acids is 2. The molecule has 0 aliphatic carbocycles. The second kappa shape index (κ2) is 10.1. The number of hydrogen-bond donors (Lipinski definition) is 0. The Hall–Kier alpha value is -3.58. The summed E-state index contributed by atoms with van der Waals surface area (Å²) in [6.45, 7) is 2.01. The third kappa shape index (κ3) is 4.56. The van der Waals surface area contributed by atoms with E-state index in [1.165, 1.54) is 31.6 Å². The lowest BCUT2D eigenvalue weighted by Crippen LogP contribution is -2.08. The van der Waals surface area contributed by atoms with E-state index in [0.717, 1.165) is 22.9 Å². The molecule has 0 radical (unpaired) electrons. The first kappa shape index (κ1) is 23.6. The molecule has 0 aliphatic heterocycles. The van der Waals surface area contributed by atoms with E-state index in [2.05, 4.69) is 4.98 Å². The number of Topliss-reactive ketones (excluding diaryl/α,β-unsaturated/α-hetero) is 2. The van der Waals surface area contributed by atoms with Crippen molar-refractivity contribution in [1.82, 2.24) is 4.98 Å². The van der Waals surface area contributed by atoms with Gasteiger partial charge in [-0.15, -0.1) is 11.3 Å². The van der Waals surface area contributed by atoms with Gasteiger partial charge in [-0.1, -0.05) is 25.1 Å². The molecule has 0 saturated heterocycles. The zero-order valence-electron chi connectivity index (χ0n) is 19.2. The van der Waals surface area contributed by atoms with Crippen LogP contribution < -0.4 is 9.47 Å². The molecule has 4 rings (SSSR count). The Balaban J connectivity index is 1.56. The number of nitrogens with zero attached hydrogens (tertiary/aromatic N) is 1. The van der Waals surface area contributed by atoms with Gasteiger partial charge < -0.3 is 9.47 Å². The van der Waals surface area contributed by atoms with Gasteiger partial charge in [0, 0.05) is 34.7 Å². The molecule has 0 unspecified atom stereocenters. The Labute approximate surface area is 201 Å². The van der Waals surface area contributed by atoms with Crippen LogP contribution in [-0.2, 0) is 6.42 Å². The van der Waals surface area contributed by atoms with Crippen molar-refractivity contribution < 1.29 is 23.5 Å². The first-order valence-electron chi connectivity index (χ1n) is 10.9. The highest BCUT2D eigenvalue weighted by Crippen LogP contribution is 2.36. The van der Waals surface area contributed by atoms with E-state index in [4.69, 9.17) is 9.47 Å². The smallest absolute Gasteiger partial charge is 0.181 e. The molecule has 4 aromatic rings. The van der Waals surface area contributed by atoms with Crippen LogP contribution in [0.25, 0.3) is 21.3 Å². The van der Waals surface area contributed by atoms with Crippen LogP contribution in [0.1, 0.15) is 46.2 Å². The first-order valence-corrected chi connectivity index (χ1v) is 11.8. The van der Waals surface area contributed by atoms with Gasteiger partial charge in [0.15, 0.2) is 23.1 Å². The quantitative estimate of drug-likeness (QED) is 0.257. The Morgan fingerprint density at radius 2 is 1.74 bits per heavy atom. The molecule has 0 saturated carbocycles. The van der Waals surface area contributed by atoms with Gasteiger partial charge in [0.25, 0.3) is 0 Å². The summed E-state index contributed by atoms with van der Waals surface area (Å²) in [5.41, 5.74) is 3.21. The molecule has 0 aliphatic rings. The van der Waals surface area contributed by atoms with Gasteiger partial charge in [-0.05, 0) is 42.3 Å². The normalized spacial score (nSPS) is 10.9. The summed E-state index contributed by atoms with van der Waals surface area (Å²) in [7, 11) is 3.03. The number of pyridine rings is 1. The van der Waals surface area contributed by atoms with Crippen LogP contribution in [0, 0.1) is 5.82 Å². The van der Waals surface area contributed by atoms with Crippen molar-refractivity contribution in [2.45, 2.75) is 26.2 Å². The highest BCUT2D eigenvalue weighted by atomic mass is 32.1. The predicted molar refractivity (Wildman–Crippen MR) is 132 cm³/mol. The molecule has 174 valence electrons. The lowest BCUT2D eigenvalue weighted by atomic mass is 10.00. The van der Waals surface area contributed by atoms with E-state index < -0.39 is 0 Å². The maximum Gasteiger partial charge on any atom is 0.181 e. The zero-order valence-corrected chi connectivity index (χ0v) is 20.0. The molecule has 0 spiro atoms. The maximum atomic E-state index is 14.2. The van der Waals surface area contributed by atoms with Crippen molar-refractivity contribution in [1.29, 1.82) is 0 Å². The molecule has 0 N–H and O–H groups in total. The number of rotatable bonds is 9. The first-order chi connectivity index (χ1) is 16.5. The van der Waals surface area contributed by atoms with Gasteiger partial charge in [-0.3, -0.25) is 9.59 Å². The highest BCUT2D eigenvalue weighted by Gasteiger charge is 2.18. The van der Waals surface area contributed by atoms with Gasteiger partial charge >= 0.3 is 0 Å². The third-order valence-electron chi connectivity index (χ3n) is 5.74. The highest BCUT2D eigenvalue weighted by molar-refractivity contribution is 7.17. The van der Waals surface area contributed by atoms with Crippen molar-refractivity contribution in [2.24, 2.45) is 0 Å². The van der Waals surface area contributed by atoms with Crippen molar-refractivity contribution in [3.63, 3.8) is 0 Å². The van der Waals surface area contributed by atoms with Gasteiger partial charge in [0.2, 0.25) is 0 Å². The van der Waals surface area contributed by atoms with Gasteiger partial charge in [0.05, 0.1) is 24.6 Å². The number of hydrogen-bond acceptors (Lipinski definition) is 6. The summed E-state index contributed by atoms with van der Waals surface area (Å²) in [5.74, 6) is 0.333. The minimum absolute atomic E-state index is 0.0318. The van der Waals surface area contributed by atoms with Crippen LogP contribution in [0.3, 0.4) is 0 Å². The fraction of sp³-hybridized carbons (Fsp3) is 0.222. The van der Waals surface area contributed by atoms with Crippen LogP contribution >= 0.6 is 11.3 Å². The zero-order chi connectivity index (χ0) is 24.2. The molecule has 7 heteroatoms. The van der Waals surface area contributed by atoms with E-state index >= 15 is 0 Å². The number of fused-ring (bicyclic) bond motifs is 1. The molecule has 2 aromatic carbocycles. The standard InChI is InChI=1S/C27H24FNO4S/c1-4-16-8-10-21(29-26(16)19-15-34-27-18(19)6-5-7-20(27)28)23(31)12-11-22(30)17-9-13-24(32-2)25(14-17)33-3/h5-10,13-15H,4,11-12H2,1-3H3. The lowest BCUT2D eigenvalue weighted by molar-refractivity contribution is 0.0915. The van der Waals surface area contributed by atoms with Crippen LogP contribution in [0.2, 0.25) is 0 Å². The van der Waals surface area contributed by atoms with Crippen LogP contribution in [-0.4, -0.2) is 30.8 Å². The monoisotopic (exact) mass is 477 g/mol. The molecular formula is C27H24FNO4S. The number of aromatic nitrogens is 1. The van der Waals surface area contributed by atoms with E-state index in [9.17, 15) is 14.0 Å². The average Bonchev–Trinajstić information content (AvgIpc) is 3.31. The van der Waals surface area contributed by atoms with Crippen molar-refractivity contribution in [2.75, 3.05) is 14.2 Å². The third-order valence-corrected chi connectivity index (χ3v) is 6.74. The molecule has 2 heterocycles. The average molecular weight is 478 g/mol. The Kier molecular flexibility index (Phi) is 7.03. The maximum absolute atomic E-state index is 14.2. The number of aryl methyl sites for hydroxylation is 1.